The van der Waals surface area contributed by atoms with Crippen molar-refractivity contribution in [1.82, 2.24) is 0 Å². The lowest BCUT2D eigenvalue weighted by atomic mass is 10.1. The Morgan fingerprint density at radius 1 is 1.58 bits per heavy atom. The van der Waals surface area contributed by atoms with Gasteiger partial charge in [0.1, 0.15) is 23.7 Å². The molecular formula is C9H12O3. The first-order valence-electron chi connectivity index (χ1n) is 3.97. The molecule has 12 heavy (non-hydrogen) atoms. The van der Waals surface area contributed by atoms with Crippen molar-refractivity contribution >= 4 is 0 Å². The molecule has 1 fully saturated rings. The minimum absolute atomic E-state index is 0.161. The quantitative estimate of drug-likeness (QED) is 0.644. The molecule has 1 aliphatic rings. The molecule has 3 heteroatoms. The first kappa shape index (κ1) is 7.83. The van der Waals surface area contributed by atoms with Crippen LogP contribution in [0.4, 0.5) is 0 Å². The molecule has 1 saturated heterocycles. The fraction of sp³-hybridized carbons (Fsp3) is 0.556. The summed E-state index contributed by atoms with van der Waals surface area (Å²) in [6, 6.07) is 3.87. The third-order valence-electron chi connectivity index (χ3n) is 2.05. The van der Waals surface area contributed by atoms with Gasteiger partial charge in [-0.25, -0.2) is 0 Å². The van der Waals surface area contributed by atoms with Crippen LogP contribution in [0.2, 0.25) is 0 Å². The van der Waals surface area contributed by atoms with Crippen molar-refractivity contribution in [3.8, 4) is 0 Å². The summed E-state index contributed by atoms with van der Waals surface area (Å²) in [5, 5.41) is 0. The summed E-state index contributed by atoms with van der Waals surface area (Å²) in [5.74, 6) is 1.75. The van der Waals surface area contributed by atoms with Crippen LogP contribution in [0, 0.1) is 0 Å². The summed E-state index contributed by atoms with van der Waals surface area (Å²) < 4.78 is 15.7. The molecule has 0 spiro atoms. The van der Waals surface area contributed by atoms with Crippen molar-refractivity contribution in [2.75, 3.05) is 13.7 Å². The zero-order chi connectivity index (χ0) is 8.60. The van der Waals surface area contributed by atoms with E-state index < -0.39 is 0 Å². The molecule has 0 aliphatic carbocycles. The van der Waals surface area contributed by atoms with Crippen molar-refractivity contribution < 1.29 is 13.9 Å². The van der Waals surface area contributed by atoms with Crippen LogP contribution in [0.15, 0.2) is 16.5 Å². The molecule has 0 N–H and O–H groups in total. The minimum Gasteiger partial charge on any atom is -0.460 e. The Balaban J connectivity index is 2.13. The number of hydrogen-bond donors (Lipinski definition) is 0. The van der Waals surface area contributed by atoms with Gasteiger partial charge in [-0.2, -0.15) is 0 Å². The molecule has 1 aromatic rings. The van der Waals surface area contributed by atoms with E-state index in [4.69, 9.17) is 13.9 Å². The van der Waals surface area contributed by atoms with Crippen LogP contribution < -0.4 is 0 Å². The second-order valence-electron chi connectivity index (χ2n) is 3.22. The summed E-state index contributed by atoms with van der Waals surface area (Å²) in [4.78, 5) is 0. The molecule has 0 amide bonds. The number of methoxy groups -OCH3 is 1. The minimum atomic E-state index is -0.161. The topological polar surface area (TPSA) is 34.9 Å². The van der Waals surface area contributed by atoms with E-state index in [1.807, 2.05) is 19.1 Å². The lowest BCUT2D eigenvalue weighted by molar-refractivity contribution is 0.158. The number of epoxide rings is 1. The Labute approximate surface area is 71.3 Å². The molecule has 0 saturated carbocycles. The fourth-order valence-electron chi connectivity index (χ4n) is 1.13. The van der Waals surface area contributed by atoms with Gasteiger partial charge < -0.3 is 13.9 Å². The Morgan fingerprint density at radius 2 is 2.33 bits per heavy atom. The van der Waals surface area contributed by atoms with E-state index in [0.29, 0.717) is 6.61 Å². The van der Waals surface area contributed by atoms with Crippen LogP contribution in [0.5, 0.6) is 0 Å². The van der Waals surface area contributed by atoms with Crippen molar-refractivity contribution in [3.05, 3.63) is 23.7 Å². The van der Waals surface area contributed by atoms with Crippen LogP contribution >= 0.6 is 0 Å². The number of hydrogen-bond acceptors (Lipinski definition) is 3. The maximum absolute atomic E-state index is 5.50. The Bertz CT molecular complexity index is 273. The van der Waals surface area contributed by atoms with E-state index in [-0.39, 0.29) is 5.60 Å². The zero-order valence-corrected chi connectivity index (χ0v) is 7.29. The highest BCUT2D eigenvalue weighted by Crippen LogP contribution is 2.38. The van der Waals surface area contributed by atoms with E-state index in [1.54, 1.807) is 7.11 Å². The lowest BCUT2D eigenvalue weighted by Gasteiger charge is -1.98. The van der Waals surface area contributed by atoms with Gasteiger partial charge in [-0.1, -0.05) is 0 Å². The SMILES string of the molecule is COCc1ccc(C2(C)CO2)o1. The molecule has 3 nitrogen and oxygen atoms in total. The molecule has 1 unspecified atom stereocenters. The Morgan fingerprint density at radius 3 is 2.92 bits per heavy atom. The molecule has 1 atom stereocenters. The molecule has 0 radical (unpaired) electrons. The van der Waals surface area contributed by atoms with E-state index in [0.717, 1.165) is 18.1 Å². The van der Waals surface area contributed by atoms with E-state index in [1.165, 1.54) is 0 Å². The van der Waals surface area contributed by atoms with Crippen molar-refractivity contribution in [3.63, 3.8) is 0 Å². The average Bonchev–Trinajstić information content (AvgIpc) is 2.64. The average molecular weight is 168 g/mol. The third-order valence-corrected chi connectivity index (χ3v) is 2.05. The van der Waals surface area contributed by atoms with Crippen LogP contribution in [0.25, 0.3) is 0 Å². The zero-order valence-electron chi connectivity index (χ0n) is 7.29. The maximum Gasteiger partial charge on any atom is 0.146 e. The summed E-state index contributed by atoms with van der Waals surface area (Å²) in [7, 11) is 1.65. The predicted molar refractivity (Wildman–Crippen MR) is 42.7 cm³/mol. The van der Waals surface area contributed by atoms with E-state index >= 15 is 0 Å². The van der Waals surface area contributed by atoms with Crippen LogP contribution in [-0.4, -0.2) is 13.7 Å². The Kier molecular flexibility index (Phi) is 1.70. The van der Waals surface area contributed by atoms with Gasteiger partial charge in [0.05, 0.1) is 6.61 Å². The number of ether oxygens (including phenoxy) is 2. The Hall–Kier alpha value is -0.800. The van der Waals surface area contributed by atoms with Crippen LogP contribution in [0.1, 0.15) is 18.4 Å². The first-order valence-corrected chi connectivity index (χ1v) is 3.97. The summed E-state index contributed by atoms with van der Waals surface area (Å²) in [6.07, 6.45) is 0. The molecule has 0 aromatic carbocycles. The highest BCUT2D eigenvalue weighted by atomic mass is 16.6. The fourth-order valence-corrected chi connectivity index (χ4v) is 1.13. The van der Waals surface area contributed by atoms with Gasteiger partial charge in [0.2, 0.25) is 0 Å². The molecular weight excluding hydrogens is 156 g/mol. The van der Waals surface area contributed by atoms with Gasteiger partial charge in [0, 0.05) is 7.11 Å². The van der Waals surface area contributed by atoms with Gasteiger partial charge in [-0.3, -0.25) is 0 Å². The molecule has 2 heterocycles. The third kappa shape index (κ3) is 1.26. The standard InChI is InChI=1S/C9H12O3/c1-9(6-11-9)8-4-3-7(12-8)5-10-2/h3-4H,5-6H2,1-2H3. The highest BCUT2D eigenvalue weighted by molar-refractivity contribution is 5.17. The monoisotopic (exact) mass is 168 g/mol. The highest BCUT2D eigenvalue weighted by Gasteiger charge is 2.44. The van der Waals surface area contributed by atoms with Gasteiger partial charge in [-0.15, -0.1) is 0 Å². The smallest absolute Gasteiger partial charge is 0.146 e. The van der Waals surface area contributed by atoms with Gasteiger partial charge >= 0.3 is 0 Å². The normalized spacial score (nSPS) is 27.5. The number of furan rings is 1. The molecule has 1 aromatic heterocycles. The molecule has 66 valence electrons. The second-order valence-corrected chi connectivity index (χ2v) is 3.22. The molecule has 2 rings (SSSR count). The van der Waals surface area contributed by atoms with Gasteiger partial charge in [0.15, 0.2) is 0 Å². The second kappa shape index (κ2) is 2.61. The summed E-state index contributed by atoms with van der Waals surface area (Å²) in [5.41, 5.74) is -0.161. The van der Waals surface area contributed by atoms with E-state index in [9.17, 15) is 0 Å². The van der Waals surface area contributed by atoms with Gasteiger partial charge in [0.25, 0.3) is 0 Å². The molecule has 0 bridgehead atoms. The maximum atomic E-state index is 5.50. The van der Waals surface area contributed by atoms with Crippen molar-refractivity contribution in [2.24, 2.45) is 0 Å². The van der Waals surface area contributed by atoms with Gasteiger partial charge in [-0.05, 0) is 19.1 Å². The summed E-state index contributed by atoms with van der Waals surface area (Å²) in [6.45, 7) is 3.30. The lowest BCUT2D eigenvalue weighted by Crippen LogP contribution is -1.98. The number of rotatable bonds is 3. The predicted octanol–water partition coefficient (Wildman–Crippen LogP) is 1.67. The van der Waals surface area contributed by atoms with Crippen molar-refractivity contribution in [1.29, 1.82) is 0 Å². The van der Waals surface area contributed by atoms with Crippen molar-refractivity contribution in [2.45, 2.75) is 19.1 Å². The van der Waals surface area contributed by atoms with E-state index in [2.05, 4.69) is 0 Å². The van der Waals surface area contributed by atoms with Crippen LogP contribution in [-0.2, 0) is 21.7 Å². The molecule has 1 aliphatic heterocycles. The first-order chi connectivity index (χ1) is 5.74. The largest absolute Gasteiger partial charge is 0.460 e. The van der Waals surface area contributed by atoms with Crippen LogP contribution in [0.3, 0.4) is 0 Å². The summed E-state index contributed by atoms with van der Waals surface area (Å²) >= 11 is 0.